The maximum Gasteiger partial charge on any atom is 0.227 e. The zero-order valence-electron chi connectivity index (χ0n) is 14.4. The molecule has 132 valence electrons. The lowest BCUT2D eigenvalue weighted by atomic mass is 10.1. The molecule has 0 aliphatic carbocycles. The molecule has 0 bridgehead atoms. The van der Waals surface area contributed by atoms with Gasteiger partial charge in [-0.2, -0.15) is 0 Å². The minimum Gasteiger partial charge on any atom is -0.353 e. The summed E-state index contributed by atoms with van der Waals surface area (Å²) in [7, 11) is 0. The Bertz CT molecular complexity index is 857. The summed E-state index contributed by atoms with van der Waals surface area (Å²) in [5.74, 6) is 1.84. The highest BCUT2D eigenvalue weighted by molar-refractivity contribution is 5.79. The SMILES string of the molecule is O=C(Cc1ccccc1)N1CCN(c2cc(-n3ccnc3)ncn2)CC1. The van der Waals surface area contributed by atoms with E-state index in [9.17, 15) is 4.79 Å². The van der Waals surface area contributed by atoms with Crippen molar-refractivity contribution in [1.29, 1.82) is 0 Å². The van der Waals surface area contributed by atoms with Crippen LogP contribution >= 0.6 is 0 Å². The van der Waals surface area contributed by atoms with E-state index >= 15 is 0 Å². The molecule has 0 saturated carbocycles. The number of carbonyl (C=O) groups is 1. The van der Waals surface area contributed by atoms with Gasteiger partial charge in [-0.1, -0.05) is 30.3 Å². The summed E-state index contributed by atoms with van der Waals surface area (Å²) >= 11 is 0. The van der Waals surface area contributed by atoms with Crippen LogP contribution in [0.5, 0.6) is 0 Å². The Morgan fingerprint density at radius 1 is 1.00 bits per heavy atom. The van der Waals surface area contributed by atoms with E-state index in [1.807, 2.05) is 52.1 Å². The van der Waals surface area contributed by atoms with E-state index in [1.54, 1.807) is 18.9 Å². The first kappa shape index (κ1) is 16.3. The average Bonchev–Trinajstić information content (AvgIpc) is 3.24. The van der Waals surface area contributed by atoms with Crippen LogP contribution in [0.25, 0.3) is 5.82 Å². The monoisotopic (exact) mass is 348 g/mol. The Hall–Kier alpha value is -3.22. The predicted octanol–water partition coefficient (Wildman–Crippen LogP) is 1.55. The van der Waals surface area contributed by atoms with Gasteiger partial charge in [0.05, 0.1) is 6.42 Å². The van der Waals surface area contributed by atoms with E-state index in [4.69, 9.17) is 0 Å². The maximum absolute atomic E-state index is 12.5. The number of hydrogen-bond acceptors (Lipinski definition) is 5. The summed E-state index contributed by atoms with van der Waals surface area (Å²) in [4.78, 5) is 29.3. The van der Waals surface area contributed by atoms with Crippen LogP contribution in [-0.4, -0.2) is 56.5 Å². The third-order valence-electron chi connectivity index (χ3n) is 4.56. The molecule has 3 heterocycles. The van der Waals surface area contributed by atoms with Crippen LogP contribution < -0.4 is 4.90 Å². The lowest BCUT2D eigenvalue weighted by Crippen LogP contribution is -2.49. The zero-order valence-corrected chi connectivity index (χ0v) is 14.4. The van der Waals surface area contributed by atoms with Crippen LogP contribution in [0.2, 0.25) is 0 Å². The third kappa shape index (κ3) is 3.56. The first-order valence-electron chi connectivity index (χ1n) is 8.66. The van der Waals surface area contributed by atoms with Crippen molar-refractivity contribution in [2.45, 2.75) is 6.42 Å². The minimum atomic E-state index is 0.178. The van der Waals surface area contributed by atoms with Crippen molar-refractivity contribution in [3.8, 4) is 5.82 Å². The van der Waals surface area contributed by atoms with E-state index in [-0.39, 0.29) is 5.91 Å². The number of benzene rings is 1. The zero-order chi connectivity index (χ0) is 17.8. The van der Waals surface area contributed by atoms with Gasteiger partial charge >= 0.3 is 0 Å². The fourth-order valence-electron chi connectivity index (χ4n) is 3.11. The highest BCUT2D eigenvalue weighted by atomic mass is 16.2. The van der Waals surface area contributed by atoms with E-state index < -0.39 is 0 Å². The highest BCUT2D eigenvalue weighted by Gasteiger charge is 2.22. The number of imidazole rings is 1. The molecule has 1 saturated heterocycles. The molecule has 1 amide bonds. The molecule has 0 radical (unpaired) electrons. The van der Waals surface area contributed by atoms with Gasteiger partial charge in [0, 0.05) is 44.6 Å². The Morgan fingerprint density at radius 3 is 2.50 bits per heavy atom. The van der Waals surface area contributed by atoms with Gasteiger partial charge < -0.3 is 9.80 Å². The predicted molar refractivity (Wildman–Crippen MR) is 98.1 cm³/mol. The lowest BCUT2D eigenvalue weighted by Gasteiger charge is -2.35. The summed E-state index contributed by atoms with van der Waals surface area (Å²) in [5.41, 5.74) is 1.06. The molecule has 1 aliphatic rings. The average molecular weight is 348 g/mol. The van der Waals surface area contributed by atoms with Crippen molar-refractivity contribution in [3.63, 3.8) is 0 Å². The van der Waals surface area contributed by atoms with Crippen LogP contribution in [-0.2, 0) is 11.2 Å². The van der Waals surface area contributed by atoms with Gasteiger partial charge in [-0.05, 0) is 5.56 Å². The Kier molecular flexibility index (Phi) is 4.59. The summed E-state index contributed by atoms with van der Waals surface area (Å²) < 4.78 is 1.85. The van der Waals surface area contributed by atoms with Crippen LogP contribution in [0.1, 0.15) is 5.56 Å². The summed E-state index contributed by atoms with van der Waals surface area (Å²) in [6.07, 6.45) is 7.31. The number of anilines is 1. The highest BCUT2D eigenvalue weighted by Crippen LogP contribution is 2.16. The Labute approximate surface area is 151 Å². The van der Waals surface area contributed by atoms with E-state index in [2.05, 4.69) is 19.9 Å². The van der Waals surface area contributed by atoms with Gasteiger partial charge in [-0.3, -0.25) is 9.36 Å². The van der Waals surface area contributed by atoms with Crippen LogP contribution in [0.3, 0.4) is 0 Å². The molecule has 0 unspecified atom stereocenters. The standard InChI is InChI=1S/C19H20N6O/c26-19(12-16-4-2-1-3-5-16)24-10-8-23(9-11-24)17-13-18(22-14-21-17)25-7-6-20-15-25/h1-7,13-15H,8-12H2. The molecule has 26 heavy (non-hydrogen) atoms. The van der Waals surface area contributed by atoms with Gasteiger partial charge in [0.2, 0.25) is 5.91 Å². The van der Waals surface area contributed by atoms with Gasteiger partial charge in [0.15, 0.2) is 0 Å². The molecule has 3 aromatic rings. The number of rotatable bonds is 4. The lowest BCUT2D eigenvalue weighted by molar-refractivity contribution is -0.130. The van der Waals surface area contributed by atoms with Crippen LogP contribution in [0.4, 0.5) is 5.82 Å². The van der Waals surface area contributed by atoms with Crippen LogP contribution in [0.15, 0.2) is 61.4 Å². The van der Waals surface area contributed by atoms with Crippen molar-refractivity contribution in [3.05, 3.63) is 67.0 Å². The minimum absolute atomic E-state index is 0.178. The molecule has 4 rings (SSSR count). The summed E-state index contributed by atoms with van der Waals surface area (Å²) in [6.45, 7) is 2.94. The molecule has 2 aromatic heterocycles. The smallest absolute Gasteiger partial charge is 0.227 e. The van der Waals surface area contributed by atoms with Crippen molar-refractivity contribution >= 4 is 11.7 Å². The van der Waals surface area contributed by atoms with E-state index in [0.717, 1.165) is 30.3 Å². The van der Waals surface area contributed by atoms with Crippen molar-refractivity contribution < 1.29 is 4.79 Å². The third-order valence-corrected chi connectivity index (χ3v) is 4.56. The number of nitrogens with zero attached hydrogens (tertiary/aromatic N) is 6. The Morgan fingerprint density at radius 2 is 1.77 bits per heavy atom. The molecule has 1 aromatic carbocycles. The van der Waals surface area contributed by atoms with Crippen LogP contribution in [0, 0.1) is 0 Å². The second-order valence-electron chi connectivity index (χ2n) is 6.23. The molecule has 7 nitrogen and oxygen atoms in total. The molecular formula is C19H20N6O. The number of piperazine rings is 1. The number of carbonyl (C=O) groups excluding carboxylic acids is 1. The second-order valence-corrected chi connectivity index (χ2v) is 6.23. The number of aromatic nitrogens is 4. The molecule has 0 atom stereocenters. The van der Waals surface area contributed by atoms with E-state index in [1.165, 1.54) is 0 Å². The molecule has 0 N–H and O–H groups in total. The maximum atomic E-state index is 12.5. The van der Waals surface area contributed by atoms with Gasteiger partial charge in [0.25, 0.3) is 0 Å². The normalized spacial score (nSPS) is 14.5. The van der Waals surface area contributed by atoms with Gasteiger partial charge in [0.1, 0.15) is 24.3 Å². The topological polar surface area (TPSA) is 67.2 Å². The molecule has 7 heteroatoms. The van der Waals surface area contributed by atoms with E-state index in [0.29, 0.717) is 19.5 Å². The molecular weight excluding hydrogens is 328 g/mol. The van der Waals surface area contributed by atoms with Gasteiger partial charge in [-0.15, -0.1) is 0 Å². The molecule has 1 fully saturated rings. The number of amides is 1. The van der Waals surface area contributed by atoms with Crippen molar-refractivity contribution in [1.82, 2.24) is 24.4 Å². The quantitative estimate of drug-likeness (QED) is 0.716. The first-order valence-corrected chi connectivity index (χ1v) is 8.66. The molecule has 0 spiro atoms. The number of hydrogen-bond donors (Lipinski definition) is 0. The van der Waals surface area contributed by atoms with Gasteiger partial charge in [-0.25, -0.2) is 15.0 Å². The fourth-order valence-corrected chi connectivity index (χ4v) is 3.11. The summed E-state index contributed by atoms with van der Waals surface area (Å²) in [6, 6.07) is 11.8. The summed E-state index contributed by atoms with van der Waals surface area (Å²) in [5, 5.41) is 0. The first-order chi connectivity index (χ1) is 12.8. The fraction of sp³-hybridized carbons (Fsp3) is 0.263. The Balaban J connectivity index is 1.38. The molecule has 1 aliphatic heterocycles. The second kappa shape index (κ2) is 7.35. The van der Waals surface area contributed by atoms with Crippen molar-refractivity contribution in [2.75, 3.05) is 31.1 Å². The largest absolute Gasteiger partial charge is 0.353 e. The van der Waals surface area contributed by atoms with Crippen molar-refractivity contribution in [2.24, 2.45) is 0 Å².